The van der Waals surface area contributed by atoms with Crippen molar-refractivity contribution in [3.63, 3.8) is 0 Å². The highest BCUT2D eigenvalue weighted by Crippen LogP contribution is 2.43. The molecule has 1 aromatic rings. The number of rotatable bonds is 5. The summed E-state index contributed by atoms with van der Waals surface area (Å²) in [6.07, 6.45) is 6.34. The first kappa shape index (κ1) is 16.9. The van der Waals surface area contributed by atoms with Crippen LogP contribution in [0.15, 0.2) is 0 Å². The lowest BCUT2D eigenvalue weighted by atomic mass is 9.70. The van der Waals surface area contributed by atoms with Gasteiger partial charge in [-0.3, -0.25) is 0 Å². The Morgan fingerprint density at radius 1 is 1.14 bits per heavy atom. The van der Waals surface area contributed by atoms with Crippen LogP contribution < -0.4 is 5.32 Å². The van der Waals surface area contributed by atoms with Gasteiger partial charge in [-0.15, -0.1) is 10.2 Å². The Morgan fingerprint density at radius 3 is 2.33 bits per heavy atom. The van der Waals surface area contributed by atoms with E-state index in [-0.39, 0.29) is 0 Å². The molecular weight excluding hydrogens is 278 g/mol. The van der Waals surface area contributed by atoms with Crippen molar-refractivity contribution in [1.29, 1.82) is 0 Å². The minimum Gasteiger partial charge on any atom is -0.308 e. The van der Waals surface area contributed by atoms with Crippen molar-refractivity contribution in [2.75, 3.05) is 6.54 Å². The van der Waals surface area contributed by atoms with Crippen LogP contribution in [0.5, 0.6) is 0 Å². The molecule has 0 radical (unpaired) electrons. The van der Waals surface area contributed by atoms with E-state index >= 15 is 0 Å². The van der Waals surface area contributed by atoms with Crippen molar-refractivity contribution < 1.29 is 0 Å². The maximum Gasteiger partial charge on any atom is 0.134 e. The molecule has 1 heterocycles. The van der Waals surface area contributed by atoms with E-state index in [1.807, 2.05) is 11.3 Å². The third kappa shape index (κ3) is 4.26. The molecule has 1 aliphatic rings. The van der Waals surface area contributed by atoms with Crippen LogP contribution in [0.2, 0.25) is 0 Å². The number of hydrogen-bond donors (Lipinski definition) is 1. The molecule has 3 nitrogen and oxygen atoms in total. The van der Waals surface area contributed by atoms with Gasteiger partial charge < -0.3 is 5.32 Å². The molecular formula is C17H31N3S. The predicted molar refractivity (Wildman–Crippen MR) is 90.8 cm³/mol. The molecule has 1 aromatic heterocycles. The van der Waals surface area contributed by atoms with E-state index in [0.29, 0.717) is 17.4 Å². The van der Waals surface area contributed by atoms with Gasteiger partial charge in [-0.1, -0.05) is 46.0 Å². The second kappa shape index (κ2) is 7.19. The highest BCUT2D eigenvalue weighted by atomic mass is 32.1. The van der Waals surface area contributed by atoms with Gasteiger partial charge in [-0.25, -0.2) is 0 Å². The van der Waals surface area contributed by atoms with Crippen molar-refractivity contribution in [3.05, 3.63) is 10.0 Å². The molecule has 2 rings (SSSR count). The van der Waals surface area contributed by atoms with E-state index < -0.39 is 0 Å². The van der Waals surface area contributed by atoms with E-state index in [1.165, 1.54) is 35.7 Å². The molecule has 0 aromatic carbocycles. The van der Waals surface area contributed by atoms with Crippen LogP contribution in [-0.4, -0.2) is 16.7 Å². The van der Waals surface area contributed by atoms with Gasteiger partial charge in [0.05, 0.1) is 6.04 Å². The summed E-state index contributed by atoms with van der Waals surface area (Å²) in [5.74, 6) is 1.51. The molecule has 0 spiro atoms. The van der Waals surface area contributed by atoms with Crippen molar-refractivity contribution in [2.45, 2.75) is 78.7 Å². The van der Waals surface area contributed by atoms with Gasteiger partial charge in [-0.05, 0) is 50.0 Å². The molecule has 1 unspecified atom stereocenters. The zero-order valence-corrected chi connectivity index (χ0v) is 15.1. The van der Waals surface area contributed by atoms with E-state index in [1.54, 1.807) is 0 Å². The van der Waals surface area contributed by atoms with Crippen molar-refractivity contribution in [3.8, 4) is 0 Å². The predicted octanol–water partition coefficient (Wildman–Crippen LogP) is 4.92. The maximum absolute atomic E-state index is 4.51. The van der Waals surface area contributed by atoms with Gasteiger partial charge in [0, 0.05) is 5.92 Å². The molecule has 120 valence electrons. The molecule has 1 aliphatic carbocycles. The zero-order chi connectivity index (χ0) is 15.5. The van der Waals surface area contributed by atoms with Crippen LogP contribution >= 0.6 is 11.3 Å². The van der Waals surface area contributed by atoms with Gasteiger partial charge in [0.25, 0.3) is 0 Å². The molecule has 1 atom stereocenters. The summed E-state index contributed by atoms with van der Waals surface area (Å²) in [6, 6.07) is 0.382. The van der Waals surface area contributed by atoms with E-state index in [2.05, 4.69) is 50.1 Å². The third-order valence-corrected chi connectivity index (χ3v) is 6.11. The smallest absolute Gasteiger partial charge is 0.134 e. The Balaban J connectivity index is 1.97. The fourth-order valence-electron chi connectivity index (χ4n) is 3.41. The molecule has 0 saturated heterocycles. The Morgan fingerprint density at radius 2 is 1.81 bits per heavy atom. The zero-order valence-electron chi connectivity index (χ0n) is 14.3. The fraction of sp³-hybridized carbons (Fsp3) is 0.882. The summed E-state index contributed by atoms with van der Waals surface area (Å²) in [7, 11) is 0. The average Bonchev–Trinajstić information content (AvgIpc) is 2.93. The van der Waals surface area contributed by atoms with Crippen LogP contribution in [0.1, 0.15) is 88.7 Å². The molecule has 21 heavy (non-hydrogen) atoms. The quantitative estimate of drug-likeness (QED) is 0.839. The second-order valence-corrected chi connectivity index (χ2v) is 8.45. The van der Waals surface area contributed by atoms with Gasteiger partial charge in [0.2, 0.25) is 0 Å². The van der Waals surface area contributed by atoms with Crippen LogP contribution in [0.25, 0.3) is 0 Å². The summed E-state index contributed by atoms with van der Waals surface area (Å²) >= 11 is 1.84. The largest absolute Gasteiger partial charge is 0.308 e. The molecule has 1 saturated carbocycles. The minimum absolute atomic E-state index is 0.382. The van der Waals surface area contributed by atoms with Crippen LogP contribution in [0, 0.1) is 11.3 Å². The Bertz CT molecular complexity index is 427. The summed E-state index contributed by atoms with van der Waals surface area (Å²) in [4.78, 5) is 0. The fourth-order valence-corrected chi connectivity index (χ4v) is 4.58. The lowest BCUT2D eigenvalue weighted by molar-refractivity contribution is 0.169. The minimum atomic E-state index is 0.382. The van der Waals surface area contributed by atoms with Gasteiger partial charge in [-0.2, -0.15) is 0 Å². The topological polar surface area (TPSA) is 37.8 Å². The first-order valence-electron chi connectivity index (χ1n) is 8.52. The molecule has 4 heteroatoms. The first-order valence-corrected chi connectivity index (χ1v) is 9.34. The van der Waals surface area contributed by atoms with E-state index in [4.69, 9.17) is 0 Å². The number of aromatic nitrogens is 2. The van der Waals surface area contributed by atoms with E-state index in [0.717, 1.165) is 18.9 Å². The summed E-state index contributed by atoms with van der Waals surface area (Å²) in [6.45, 7) is 12.5. The van der Waals surface area contributed by atoms with Crippen LogP contribution in [0.4, 0.5) is 0 Å². The average molecular weight is 310 g/mol. The first-order chi connectivity index (χ1) is 9.95. The normalized spacial score (nSPS) is 25.0. The summed E-state index contributed by atoms with van der Waals surface area (Å²) < 4.78 is 0. The van der Waals surface area contributed by atoms with Crippen molar-refractivity contribution in [1.82, 2.24) is 15.5 Å². The van der Waals surface area contributed by atoms with Gasteiger partial charge in [0.1, 0.15) is 10.0 Å². The molecule has 0 aliphatic heterocycles. The third-order valence-electron chi connectivity index (χ3n) is 4.91. The Labute approximate surface area is 133 Å². The van der Waals surface area contributed by atoms with Crippen LogP contribution in [-0.2, 0) is 0 Å². The van der Waals surface area contributed by atoms with Crippen molar-refractivity contribution >= 4 is 11.3 Å². The SMILES string of the molecule is CCNC(CC)c1nnc(C2CCC(C(C)(C)C)CC2)s1. The lowest BCUT2D eigenvalue weighted by Crippen LogP contribution is -2.25. The molecule has 0 bridgehead atoms. The highest BCUT2D eigenvalue weighted by molar-refractivity contribution is 7.11. The van der Waals surface area contributed by atoms with E-state index in [9.17, 15) is 0 Å². The lowest BCUT2D eigenvalue weighted by Gasteiger charge is -2.36. The summed E-state index contributed by atoms with van der Waals surface area (Å²) in [5.41, 5.74) is 0.454. The molecule has 0 amide bonds. The summed E-state index contributed by atoms with van der Waals surface area (Å²) in [5, 5.41) is 14.9. The second-order valence-electron chi connectivity index (χ2n) is 7.41. The number of nitrogens with one attached hydrogen (secondary N) is 1. The Hall–Kier alpha value is -0.480. The number of nitrogens with zero attached hydrogens (tertiary/aromatic N) is 2. The monoisotopic (exact) mass is 309 g/mol. The number of hydrogen-bond acceptors (Lipinski definition) is 4. The van der Waals surface area contributed by atoms with Gasteiger partial charge >= 0.3 is 0 Å². The highest BCUT2D eigenvalue weighted by Gasteiger charge is 2.31. The standard InChI is InChI=1S/C17H31N3S/c1-6-14(18-7-2)16-20-19-15(21-16)12-8-10-13(11-9-12)17(3,4)5/h12-14,18H,6-11H2,1-5H3. The molecule has 1 fully saturated rings. The Kier molecular flexibility index (Phi) is 5.78. The van der Waals surface area contributed by atoms with Crippen LogP contribution in [0.3, 0.4) is 0 Å². The molecule has 1 N–H and O–H groups in total. The van der Waals surface area contributed by atoms with Crippen molar-refractivity contribution in [2.24, 2.45) is 11.3 Å². The van der Waals surface area contributed by atoms with Gasteiger partial charge in [0.15, 0.2) is 0 Å². The maximum atomic E-state index is 4.51.